The number of rotatable bonds is 2. The van der Waals surface area contributed by atoms with Gasteiger partial charge in [0.2, 0.25) is 5.91 Å². The monoisotopic (exact) mass is 275 g/mol. The number of piperidine rings is 1. The van der Waals surface area contributed by atoms with Crippen LogP contribution < -0.4 is 0 Å². The third-order valence-electron chi connectivity index (χ3n) is 5.20. The fraction of sp³-hybridized carbons (Fsp3) is 0.667. The summed E-state index contributed by atoms with van der Waals surface area (Å²) >= 11 is 0. The lowest BCUT2D eigenvalue weighted by molar-refractivity contribution is -0.182. The first-order valence-electron chi connectivity index (χ1n) is 7.57. The Morgan fingerprint density at radius 2 is 2.25 bits per heavy atom. The van der Waals surface area contributed by atoms with Crippen molar-refractivity contribution < 1.29 is 14.5 Å². The highest BCUT2D eigenvalue weighted by Gasteiger charge is 2.38. The first-order chi connectivity index (χ1) is 9.72. The Labute approximate surface area is 121 Å². The number of likely N-dealkylation sites (tertiary alicyclic amines) is 1. The Morgan fingerprint density at radius 1 is 1.45 bits per heavy atom. The number of hydrogen-bond acceptors (Lipinski definition) is 3. The molecule has 2 heterocycles. The van der Waals surface area contributed by atoms with Crippen molar-refractivity contribution in [1.29, 1.82) is 0 Å². The van der Waals surface area contributed by atoms with Gasteiger partial charge in [-0.3, -0.25) is 9.68 Å². The van der Waals surface area contributed by atoms with Crippen molar-refractivity contribution in [2.24, 2.45) is 5.41 Å². The predicted molar refractivity (Wildman–Crippen MR) is 78.3 cm³/mol. The minimum Gasteiger partial charge on any atom is -0.339 e. The molecule has 1 atom stereocenters. The Kier molecular flexibility index (Phi) is 3.99. The van der Waals surface area contributed by atoms with Gasteiger partial charge in [0.1, 0.15) is 0 Å². The second kappa shape index (κ2) is 5.74. The van der Waals surface area contributed by atoms with E-state index in [2.05, 4.69) is 12.7 Å². The van der Waals surface area contributed by atoms with Crippen LogP contribution in [0, 0.1) is 5.41 Å². The molecule has 0 saturated carbocycles. The minimum atomic E-state index is 0.0761. The van der Waals surface area contributed by atoms with Crippen LogP contribution in [-0.4, -0.2) is 38.0 Å². The maximum atomic E-state index is 11.6. The van der Waals surface area contributed by atoms with Crippen LogP contribution in [0.25, 0.3) is 0 Å². The topological polar surface area (TPSA) is 38.8 Å². The van der Waals surface area contributed by atoms with Crippen LogP contribution in [0.3, 0.4) is 0 Å². The summed E-state index contributed by atoms with van der Waals surface area (Å²) in [5.41, 5.74) is 1.93. The first-order valence-corrected chi connectivity index (χ1v) is 7.57. The highest BCUT2D eigenvalue weighted by molar-refractivity contribution is 6.31. The van der Waals surface area contributed by atoms with Gasteiger partial charge in [-0.2, -0.15) is 0 Å². The van der Waals surface area contributed by atoms with E-state index in [1.165, 1.54) is 18.1 Å². The molecule has 3 aliphatic rings. The molecule has 1 aliphatic carbocycles. The van der Waals surface area contributed by atoms with Gasteiger partial charge in [0.05, 0.1) is 6.61 Å². The van der Waals surface area contributed by atoms with Crippen molar-refractivity contribution in [3.8, 4) is 0 Å². The summed E-state index contributed by atoms with van der Waals surface area (Å²) in [5, 5.41) is 0. The molecule has 4 nitrogen and oxygen atoms in total. The molecule has 108 valence electrons. The molecule has 1 amide bonds. The van der Waals surface area contributed by atoms with Crippen molar-refractivity contribution >= 4 is 13.4 Å². The van der Waals surface area contributed by atoms with Crippen LogP contribution in [0.2, 0.25) is 5.82 Å². The average Bonchev–Trinajstić information content (AvgIpc) is 3.02. The van der Waals surface area contributed by atoms with E-state index in [-0.39, 0.29) is 5.91 Å². The zero-order valence-electron chi connectivity index (χ0n) is 12.0. The van der Waals surface area contributed by atoms with Crippen molar-refractivity contribution in [2.75, 3.05) is 19.7 Å². The summed E-state index contributed by atoms with van der Waals surface area (Å²) in [4.78, 5) is 23.6. The van der Waals surface area contributed by atoms with Crippen LogP contribution in [-0.2, 0) is 14.5 Å². The maximum absolute atomic E-state index is 11.6. The minimum absolute atomic E-state index is 0.0761. The molecule has 3 rings (SSSR count). The highest BCUT2D eigenvalue weighted by atomic mass is 17.2. The number of amides is 1. The van der Waals surface area contributed by atoms with Crippen molar-refractivity contribution in [3.63, 3.8) is 0 Å². The molecule has 0 N–H and O–H groups in total. The third-order valence-corrected chi connectivity index (χ3v) is 5.20. The Balaban J connectivity index is 1.57. The number of hydrogen-bond donors (Lipinski definition) is 0. The molecule has 0 aromatic rings. The zero-order chi connectivity index (χ0) is 14.0. The van der Waals surface area contributed by atoms with Crippen LogP contribution in [0.4, 0.5) is 0 Å². The molecular weight excluding hydrogens is 253 g/mol. The Bertz CT molecular complexity index is 421. The van der Waals surface area contributed by atoms with Gasteiger partial charge in [-0.25, -0.2) is 0 Å². The van der Waals surface area contributed by atoms with Crippen LogP contribution >= 0.6 is 0 Å². The summed E-state index contributed by atoms with van der Waals surface area (Å²) < 4.78 is 0. The predicted octanol–water partition coefficient (Wildman–Crippen LogP) is 1.99. The van der Waals surface area contributed by atoms with Crippen molar-refractivity contribution in [3.05, 3.63) is 24.3 Å². The highest BCUT2D eigenvalue weighted by Crippen LogP contribution is 2.46. The molecule has 0 aromatic heterocycles. The van der Waals surface area contributed by atoms with Gasteiger partial charge in [-0.1, -0.05) is 18.2 Å². The summed E-state index contributed by atoms with van der Waals surface area (Å²) in [6.07, 6.45) is 9.63. The SMILES string of the molecule is C=CC(=O)N1CCC2(CC=C(C3BOOC3)CC2)CC1. The second-order valence-corrected chi connectivity index (χ2v) is 6.28. The number of carbonyl (C=O) groups is 1. The second-order valence-electron chi connectivity index (χ2n) is 6.28. The van der Waals surface area contributed by atoms with E-state index < -0.39 is 0 Å². The van der Waals surface area contributed by atoms with E-state index in [0.29, 0.717) is 25.3 Å². The molecule has 0 bridgehead atoms. The summed E-state index contributed by atoms with van der Waals surface area (Å²) in [6.45, 7) is 6.04. The number of carbonyl (C=O) groups excluding carboxylic acids is 1. The van der Waals surface area contributed by atoms with Crippen molar-refractivity contribution in [1.82, 2.24) is 4.90 Å². The maximum Gasteiger partial charge on any atom is 0.332 e. The van der Waals surface area contributed by atoms with Crippen LogP contribution in [0.15, 0.2) is 24.3 Å². The van der Waals surface area contributed by atoms with Gasteiger partial charge in [0.25, 0.3) is 0 Å². The molecule has 2 saturated heterocycles. The molecule has 1 spiro atoms. The molecule has 2 fully saturated rings. The molecule has 20 heavy (non-hydrogen) atoms. The first kappa shape index (κ1) is 13.9. The zero-order valence-corrected chi connectivity index (χ0v) is 12.0. The fourth-order valence-electron chi connectivity index (χ4n) is 3.64. The Morgan fingerprint density at radius 3 is 2.80 bits per heavy atom. The molecule has 2 aliphatic heterocycles. The molecule has 0 aromatic carbocycles. The normalized spacial score (nSPS) is 28.9. The number of allylic oxidation sites excluding steroid dienone is 1. The quantitative estimate of drug-likeness (QED) is 0.335. The number of nitrogens with zero attached hydrogens (tertiary/aromatic N) is 1. The Hall–Kier alpha value is -1.07. The van der Waals surface area contributed by atoms with Gasteiger partial charge in [0, 0.05) is 18.9 Å². The van der Waals surface area contributed by atoms with Crippen LogP contribution in [0.1, 0.15) is 32.1 Å². The molecular formula is C15H22BNO3. The van der Waals surface area contributed by atoms with E-state index in [1.807, 2.05) is 4.90 Å². The molecule has 0 radical (unpaired) electrons. The average molecular weight is 275 g/mol. The van der Waals surface area contributed by atoms with E-state index in [9.17, 15) is 4.79 Å². The lowest BCUT2D eigenvalue weighted by Crippen LogP contribution is -2.43. The largest absolute Gasteiger partial charge is 0.339 e. The van der Waals surface area contributed by atoms with E-state index in [1.54, 1.807) is 0 Å². The standard InChI is InChI=1S/C15H22BNO3/c1-2-14(18)17-9-7-15(8-10-17)5-3-12(4-6-15)13-11-19-20-16-13/h2-3,13,16H,1,4-11H2. The van der Waals surface area contributed by atoms with Gasteiger partial charge >= 0.3 is 7.48 Å². The van der Waals surface area contributed by atoms with Crippen LogP contribution in [0.5, 0.6) is 0 Å². The van der Waals surface area contributed by atoms with Gasteiger partial charge in [-0.15, -0.1) is 0 Å². The molecule has 5 heteroatoms. The lowest BCUT2D eigenvalue weighted by Gasteiger charge is -2.43. The van der Waals surface area contributed by atoms with E-state index in [0.717, 1.165) is 38.8 Å². The fourth-order valence-corrected chi connectivity index (χ4v) is 3.64. The van der Waals surface area contributed by atoms with Gasteiger partial charge in [0.15, 0.2) is 0 Å². The van der Waals surface area contributed by atoms with E-state index in [4.69, 9.17) is 9.69 Å². The molecule has 1 unspecified atom stereocenters. The summed E-state index contributed by atoms with van der Waals surface area (Å²) in [7, 11) is 0.709. The van der Waals surface area contributed by atoms with Crippen molar-refractivity contribution in [2.45, 2.75) is 37.9 Å². The van der Waals surface area contributed by atoms with E-state index >= 15 is 0 Å². The summed E-state index contributed by atoms with van der Waals surface area (Å²) in [6, 6.07) is 0. The van der Waals surface area contributed by atoms with Gasteiger partial charge in [-0.05, 0) is 43.6 Å². The lowest BCUT2D eigenvalue weighted by atomic mass is 9.64. The summed E-state index contributed by atoms with van der Waals surface area (Å²) in [5.74, 6) is 0.543. The third kappa shape index (κ3) is 2.70. The van der Waals surface area contributed by atoms with Gasteiger partial charge < -0.3 is 9.70 Å². The smallest absolute Gasteiger partial charge is 0.332 e.